The minimum atomic E-state index is -0.691. The highest BCUT2D eigenvalue weighted by molar-refractivity contribution is 6.30. The van der Waals surface area contributed by atoms with Crippen LogP contribution in [-0.2, 0) is 0 Å². The molecule has 1 aromatic heterocycles. The molecular weight excluding hydrogens is 226 g/mol. The number of anilines is 1. The SMILES string of the molecule is CCC(O)(CC)CNc1ncnc(Cl)c1C. The molecule has 2 N–H and O–H groups in total. The molecule has 90 valence electrons. The average molecular weight is 244 g/mol. The van der Waals surface area contributed by atoms with Gasteiger partial charge in [-0.25, -0.2) is 9.97 Å². The zero-order valence-electron chi connectivity index (χ0n) is 9.92. The summed E-state index contributed by atoms with van der Waals surface area (Å²) in [5.41, 5.74) is 0.114. The molecule has 0 amide bonds. The lowest BCUT2D eigenvalue weighted by atomic mass is 9.97. The molecule has 0 saturated heterocycles. The molecule has 0 aliphatic rings. The van der Waals surface area contributed by atoms with Gasteiger partial charge in [0.25, 0.3) is 0 Å². The van der Waals surface area contributed by atoms with Gasteiger partial charge in [0.2, 0.25) is 0 Å². The molecule has 1 heterocycles. The third kappa shape index (κ3) is 3.06. The van der Waals surface area contributed by atoms with E-state index in [0.29, 0.717) is 30.4 Å². The zero-order valence-corrected chi connectivity index (χ0v) is 10.7. The number of halogens is 1. The van der Waals surface area contributed by atoms with Gasteiger partial charge < -0.3 is 10.4 Å². The molecule has 0 aliphatic carbocycles. The monoisotopic (exact) mass is 243 g/mol. The predicted octanol–water partition coefficient (Wildman–Crippen LogP) is 2.40. The van der Waals surface area contributed by atoms with Gasteiger partial charge in [-0.15, -0.1) is 0 Å². The van der Waals surface area contributed by atoms with Crippen LogP contribution in [0.2, 0.25) is 5.15 Å². The maximum Gasteiger partial charge on any atom is 0.137 e. The van der Waals surface area contributed by atoms with Gasteiger partial charge in [-0.3, -0.25) is 0 Å². The Balaban J connectivity index is 2.71. The van der Waals surface area contributed by atoms with Crippen molar-refractivity contribution in [1.82, 2.24) is 9.97 Å². The minimum absolute atomic E-state index is 0.439. The number of hydrogen-bond acceptors (Lipinski definition) is 4. The van der Waals surface area contributed by atoms with E-state index in [4.69, 9.17) is 11.6 Å². The molecule has 0 bridgehead atoms. The van der Waals surface area contributed by atoms with Crippen LogP contribution in [0.4, 0.5) is 5.82 Å². The molecule has 5 heteroatoms. The van der Waals surface area contributed by atoms with E-state index in [1.165, 1.54) is 6.33 Å². The summed E-state index contributed by atoms with van der Waals surface area (Å²) in [5, 5.41) is 13.7. The molecule has 1 aromatic rings. The van der Waals surface area contributed by atoms with Crippen molar-refractivity contribution in [3.63, 3.8) is 0 Å². The Bertz CT molecular complexity index is 353. The van der Waals surface area contributed by atoms with Gasteiger partial charge in [0, 0.05) is 12.1 Å². The molecular formula is C11H18ClN3O. The van der Waals surface area contributed by atoms with Gasteiger partial charge in [0.15, 0.2) is 0 Å². The molecule has 0 aliphatic heterocycles. The second kappa shape index (κ2) is 5.46. The number of aromatic nitrogens is 2. The lowest BCUT2D eigenvalue weighted by molar-refractivity contribution is 0.0456. The summed E-state index contributed by atoms with van der Waals surface area (Å²) in [4.78, 5) is 7.97. The van der Waals surface area contributed by atoms with Crippen LogP contribution in [0.3, 0.4) is 0 Å². The van der Waals surface area contributed by atoms with Gasteiger partial charge in [-0.1, -0.05) is 25.4 Å². The Morgan fingerprint density at radius 1 is 1.38 bits per heavy atom. The van der Waals surface area contributed by atoms with Crippen LogP contribution in [0.15, 0.2) is 6.33 Å². The van der Waals surface area contributed by atoms with Crippen LogP contribution in [-0.4, -0.2) is 27.2 Å². The van der Waals surface area contributed by atoms with Gasteiger partial charge in [-0.2, -0.15) is 0 Å². The summed E-state index contributed by atoms with van der Waals surface area (Å²) in [7, 11) is 0. The Hall–Kier alpha value is -0.870. The van der Waals surface area contributed by atoms with E-state index in [1.54, 1.807) is 0 Å². The smallest absolute Gasteiger partial charge is 0.137 e. The summed E-state index contributed by atoms with van der Waals surface area (Å²) < 4.78 is 0. The normalized spacial score (nSPS) is 11.6. The van der Waals surface area contributed by atoms with Crippen LogP contribution in [0.1, 0.15) is 32.3 Å². The molecule has 0 spiro atoms. The molecule has 0 atom stereocenters. The first-order valence-electron chi connectivity index (χ1n) is 5.45. The second-order valence-electron chi connectivity index (χ2n) is 3.92. The molecule has 0 radical (unpaired) electrons. The topological polar surface area (TPSA) is 58.0 Å². The maximum absolute atomic E-state index is 10.1. The van der Waals surface area contributed by atoms with E-state index < -0.39 is 5.60 Å². The molecule has 0 unspecified atom stereocenters. The van der Waals surface area contributed by atoms with Gasteiger partial charge in [-0.05, 0) is 19.8 Å². The molecule has 0 aromatic carbocycles. The van der Waals surface area contributed by atoms with Crippen molar-refractivity contribution in [2.45, 2.75) is 39.2 Å². The second-order valence-corrected chi connectivity index (χ2v) is 4.28. The number of aliphatic hydroxyl groups is 1. The van der Waals surface area contributed by atoms with Gasteiger partial charge >= 0.3 is 0 Å². The van der Waals surface area contributed by atoms with Crippen LogP contribution < -0.4 is 5.32 Å². The quantitative estimate of drug-likeness (QED) is 0.780. The number of nitrogens with zero attached hydrogens (tertiary/aromatic N) is 2. The summed E-state index contributed by atoms with van der Waals surface area (Å²) in [5.74, 6) is 0.681. The maximum atomic E-state index is 10.1. The van der Waals surface area contributed by atoms with E-state index in [2.05, 4.69) is 15.3 Å². The number of nitrogens with one attached hydrogen (secondary N) is 1. The highest BCUT2D eigenvalue weighted by Crippen LogP contribution is 2.20. The Morgan fingerprint density at radius 3 is 2.56 bits per heavy atom. The first-order valence-corrected chi connectivity index (χ1v) is 5.83. The molecule has 1 rings (SSSR count). The summed E-state index contributed by atoms with van der Waals surface area (Å²) in [6, 6.07) is 0. The van der Waals surface area contributed by atoms with Crippen molar-refractivity contribution >= 4 is 17.4 Å². The fraction of sp³-hybridized carbons (Fsp3) is 0.636. The van der Waals surface area contributed by atoms with Gasteiger partial charge in [0.05, 0.1) is 5.60 Å². The Morgan fingerprint density at radius 2 is 2.00 bits per heavy atom. The average Bonchev–Trinajstić information content (AvgIpc) is 2.31. The van der Waals surface area contributed by atoms with Crippen molar-refractivity contribution < 1.29 is 5.11 Å². The molecule has 0 fully saturated rings. The van der Waals surface area contributed by atoms with Crippen molar-refractivity contribution in [2.75, 3.05) is 11.9 Å². The Labute approximate surface area is 101 Å². The van der Waals surface area contributed by atoms with E-state index in [9.17, 15) is 5.11 Å². The van der Waals surface area contributed by atoms with Crippen LogP contribution in [0.5, 0.6) is 0 Å². The molecule has 16 heavy (non-hydrogen) atoms. The van der Waals surface area contributed by atoms with Crippen molar-refractivity contribution in [1.29, 1.82) is 0 Å². The van der Waals surface area contributed by atoms with E-state index >= 15 is 0 Å². The van der Waals surface area contributed by atoms with Crippen molar-refractivity contribution in [3.05, 3.63) is 17.0 Å². The third-order valence-corrected chi connectivity index (χ3v) is 3.30. The summed E-state index contributed by atoms with van der Waals surface area (Å²) in [6.07, 6.45) is 2.82. The van der Waals surface area contributed by atoms with Crippen molar-refractivity contribution in [2.24, 2.45) is 0 Å². The fourth-order valence-corrected chi connectivity index (χ4v) is 1.49. The summed E-state index contributed by atoms with van der Waals surface area (Å²) >= 11 is 5.88. The van der Waals surface area contributed by atoms with E-state index in [0.717, 1.165) is 5.56 Å². The molecule has 4 nitrogen and oxygen atoms in total. The summed E-state index contributed by atoms with van der Waals surface area (Å²) in [6.45, 7) is 6.24. The largest absolute Gasteiger partial charge is 0.388 e. The minimum Gasteiger partial charge on any atom is -0.388 e. The highest BCUT2D eigenvalue weighted by Gasteiger charge is 2.22. The van der Waals surface area contributed by atoms with E-state index in [1.807, 2.05) is 20.8 Å². The third-order valence-electron chi connectivity index (χ3n) is 2.92. The fourth-order valence-electron chi connectivity index (χ4n) is 1.36. The number of hydrogen-bond donors (Lipinski definition) is 2. The molecule has 0 saturated carbocycles. The Kier molecular flexibility index (Phi) is 4.50. The first kappa shape index (κ1) is 13.2. The van der Waals surface area contributed by atoms with Crippen LogP contribution in [0.25, 0.3) is 0 Å². The standard InChI is InChI=1S/C11H18ClN3O/c1-4-11(16,5-2)6-13-10-8(3)9(12)14-7-15-10/h7,16H,4-6H2,1-3H3,(H,13,14,15). The lowest BCUT2D eigenvalue weighted by Gasteiger charge is -2.26. The van der Waals surface area contributed by atoms with Crippen molar-refractivity contribution in [3.8, 4) is 0 Å². The van der Waals surface area contributed by atoms with Gasteiger partial charge in [0.1, 0.15) is 17.3 Å². The van der Waals surface area contributed by atoms with Crippen LogP contribution >= 0.6 is 11.6 Å². The zero-order chi connectivity index (χ0) is 12.2. The first-order chi connectivity index (χ1) is 7.52. The highest BCUT2D eigenvalue weighted by atomic mass is 35.5. The van der Waals surface area contributed by atoms with Crippen LogP contribution in [0, 0.1) is 6.92 Å². The lowest BCUT2D eigenvalue weighted by Crippen LogP contribution is -2.35. The predicted molar refractivity (Wildman–Crippen MR) is 65.8 cm³/mol. The number of rotatable bonds is 5. The van der Waals surface area contributed by atoms with E-state index in [-0.39, 0.29) is 0 Å².